The monoisotopic (exact) mass is 650 g/mol. The molecule has 0 saturated carbocycles. The Balaban J connectivity index is 4.95. The van der Waals surface area contributed by atoms with Crippen LogP contribution in [-0.2, 0) is 23.9 Å². The predicted molar refractivity (Wildman–Crippen MR) is 194 cm³/mol. The normalized spacial score (nSPS) is 12.7. The van der Waals surface area contributed by atoms with Gasteiger partial charge in [-0.25, -0.2) is 0 Å². The van der Waals surface area contributed by atoms with Gasteiger partial charge in [0, 0.05) is 0 Å². The van der Waals surface area contributed by atoms with Crippen LogP contribution in [0.3, 0.4) is 0 Å². The molecule has 0 aromatic heterocycles. The number of esters is 2. The molecule has 2 atom stereocenters. The Kier molecular flexibility index (Phi) is 31.7. The van der Waals surface area contributed by atoms with Crippen molar-refractivity contribution < 1.29 is 23.9 Å². The summed E-state index contributed by atoms with van der Waals surface area (Å²) < 4.78 is 11.5. The van der Waals surface area contributed by atoms with Gasteiger partial charge in [0.15, 0.2) is 0 Å². The zero-order chi connectivity index (χ0) is 34.1. The lowest BCUT2D eigenvalue weighted by molar-refractivity contribution is -0.151. The van der Waals surface area contributed by atoms with Crippen LogP contribution in [0.15, 0.2) is 12.2 Å². The number of rotatable bonds is 33. The molecule has 0 bridgehead atoms. The third-order valence-corrected chi connectivity index (χ3v) is 9.12. The summed E-state index contributed by atoms with van der Waals surface area (Å²) in [5.41, 5.74) is 0. The highest BCUT2D eigenvalue weighted by atomic mass is 16.5. The maximum absolute atomic E-state index is 13.1. The van der Waals surface area contributed by atoms with Crippen LogP contribution in [-0.4, -0.2) is 49.0 Å². The second-order valence-electron chi connectivity index (χ2n) is 13.4. The first-order valence-corrected chi connectivity index (χ1v) is 19.7. The van der Waals surface area contributed by atoms with E-state index >= 15 is 0 Å². The maximum Gasteiger partial charge on any atom is 0.308 e. The van der Waals surface area contributed by atoms with Gasteiger partial charge >= 0.3 is 11.9 Å². The highest BCUT2D eigenvalue weighted by Gasteiger charge is 2.22. The van der Waals surface area contributed by atoms with Gasteiger partial charge in [-0.15, -0.1) is 0 Å². The average Bonchev–Trinajstić information content (AvgIpc) is 3.05. The number of allylic oxidation sites excluding steroid dienone is 1. The van der Waals surface area contributed by atoms with E-state index in [9.17, 15) is 14.4 Å². The molecule has 0 fully saturated rings. The van der Waals surface area contributed by atoms with Crippen LogP contribution in [0.1, 0.15) is 189 Å². The minimum Gasteiger partial charge on any atom is -0.464 e. The third kappa shape index (κ3) is 25.3. The Hall–Kier alpha value is -1.85. The van der Waals surface area contributed by atoms with Crippen LogP contribution < -0.4 is 0 Å². The Morgan fingerprint density at radius 1 is 0.500 bits per heavy atom. The molecule has 6 nitrogen and oxygen atoms in total. The molecule has 1 amide bonds. The van der Waals surface area contributed by atoms with E-state index in [4.69, 9.17) is 9.47 Å². The first-order valence-electron chi connectivity index (χ1n) is 19.7. The molecule has 0 spiro atoms. The molecule has 0 aliphatic rings. The van der Waals surface area contributed by atoms with E-state index in [1.54, 1.807) is 11.0 Å². The maximum atomic E-state index is 13.1. The lowest BCUT2D eigenvalue weighted by Crippen LogP contribution is -2.37. The highest BCUT2D eigenvalue weighted by molar-refractivity contribution is 5.87. The van der Waals surface area contributed by atoms with Crippen LogP contribution in [0.2, 0.25) is 0 Å². The highest BCUT2D eigenvalue weighted by Crippen LogP contribution is 2.22. The molecule has 0 aliphatic carbocycles. The van der Waals surface area contributed by atoms with Crippen molar-refractivity contribution in [2.24, 2.45) is 11.8 Å². The third-order valence-electron chi connectivity index (χ3n) is 9.12. The number of carbonyl (C=O) groups excluding carboxylic acids is 3. The summed E-state index contributed by atoms with van der Waals surface area (Å²) in [6.45, 7) is 11.6. The molecule has 0 saturated heterocycles. The summed E-state index contributed by atoms with van der Waals surface area (Å²) in [6, 6.07) is 0. The lowest BCUT2D eigenvalue weighted by Gasteiger charge is -2.23. The molecule has 0 aromatic rings. The van der Waals surface area contributed by atoms with Gasteiger partial charge in [-0.2, -0.15) is 0 Å². The summed E-state index contributed by atoms with van der Waals surface area (Å²) >= 11 is 0. The summed E-state index contributed by atoms with van der Waals surface area (Å²) in [7, 11) is 0. The lowest BCUT2D eigenvalue weighted by atomic mass is 9.94. The fourth-order valence-corrected chi connectivity index (χ4v) is 6.07. The number of ether oxygens (including phenoxy) is 2. The fraction of sp³-hybridized carbons (Fsp3) is 0.875. The van der Waals surface area contributed by atoms with E-state index in [1.807, 2.05) is 6.92 Å². The number of nitrogens with zero attached hydrogens (tertiary/aromatic N) is 1. The molecule has 2 unspecified atom stereocenters. The largest absolute Gasteiger partial charge is 0.464 e. The van der Waals surface area contributed by atoms with E-state index in [1.165, 1.54) is 96.0 Å². The molecule has 46 heavy (non-hydrogen) atoms. The minimum atomic E-state index is -0.152. The molecule has 0 aliphatic heterocycles. The smallest absolute Gasteiger partial charge is 0.308 e. The number of amides is 1. The van der Waals surface area contributed by atoms with Crippen molar-refractivity contribution >= 4 is 17.8 Å². The summed E-state index contributed by atoms with van der Waals surface area (Å²) in [5.74, 6) is -0.541. The van der Waals surface area contributed by atoms with Crippen molar-refractivity contribution in [1.82, 2.24) is 4.90 Å². The molecule has 0 rings (SSSR count). The number of unbranched alkanes of at least 4 members (excludes halogenated alkanes) is 16. The minimum absolute atomic E-state index is 0.0652. The molecular weight excluding hydrogens is 574 g/mol. The summed E-state index contributed by atoms with van der Waals surface area (Å²) in [4.78, 5) is 40.7. The van der Waals surface area contributed by atoms with Crippen LogP contribution >= 0.6 is 0 Å². The van der Waals surface area contributed by atoms with Crippen molar-refractivity contribution in [2.45, 2.75) is 189 Å². The van der Waals surface area contributed by atoms with Crippen molar-refractivity contribution in [1.29, 1.82) is 0 Å². The van der Waals surface area contributed by atoms with Gasteiger partial charge in [-0.1, -0.05) is 162 Å². The zero-order valence-corrected chi connectivity index (χ0v) is 31.1. The van der Waals surface area contributed by atoms with Crippen molar-refractivity contribution in [2.75, 3.05) is 26.3 Å². The standard InChI is InChI=1S/C40H75NO5/c1-6-11-15-19-21-25-30-36(28-23-17-13-8-3)39(43)45-34-32-41(38(42)27-10-5)33-35-46-40(44)37(29-24-18-14-9-4)31-26-22-20-16-12-7-2/h10,27,36-37H,6-9,11-26,28-35H2,1-5H3/b27-10-. The van der Waals surface area contributed by atoms with Crippen LogP contribution in [0.25, 0.3) is 0 Å². The zero-order valence-electron chi connectivity index (χ0n) is 31.1. The second kappa shape index (κ2) is 33.1. The van der Waals surface area contributed by atoms with Gasteiger partial charge in [0.05, 0.1) is 24.9 Å². The first kappa shape index (κ1) is 44.1. The topological polar surface area (TPSA) is 72.9 Å². The van der Waals surface area contributed by atoms with E-state index in [2.05, 4.69) is 27.7 Å². The molecule has 0 aromatic carbocycles. The van der Waals surface area contributed by atoms with Crippen molar-refractivity contribution in [3.8, 4) is 0 Å². The molecule has 6 heteroatoms. The van der Waals surface area contributed by atoms with E-state index < -0.39 is 0 Å². The number of hydrogen-bond acceptors (Lipinski definition) is 5. The molecule has 0 N–H and O–H groups in total. The van der Waals surface area contributed by atoms with Crippen LogP contribution in [0.5, 0.6) is 0 Å². The van der Waals surface area contributed by atoms with Gasteiger partial charge in [0.1, 0.15) is 13.2 Å². The summed E-state index contributed by atoms with van der Waals surface area (Å²) in [5, 5.41) is 0. The Morgan fingerprint density at radius 2 is 0.804 bits per heavy atom. The predicted octanol–water partition coefficient (Wildman–Crippen LogP) is 11.2. The van der Waals surface area contributed by atoms with E-state index in [0.717, 1.165) is 64.2 Å². The van der Waals surface area contributed by atoms with Crippen molar-refractivity contribution in [3.63, 3.8) is 0 Å². The Bertz CT molecular complexity index is 702. The average molecular weight is 650 g/mol. The van der Waals surface area contributed by atoms with Crippen LogP contribution in [0.4, 0.5) is 0 Å². The van der Waals surface area contributed by atoms with Gasteiger partial charge in [0.2, 0.25) is 5.91 Å². The Morgan fingerprint density at radius 3 is 1.13 bits per heavy atom. The first-order chi connectivity index (χ1) is 22.4. The van der Waals surface area contributed by atoms with Crippen LogP contribution in [0, 0.1) is 11.8 Å². The molecular formula is C40H75NO5. The number of carbonyl (C=O) groups is 3. The fourth-order valence-electron chi connectivity index (χ4n) is 6.07. The van der Waals surface area contributed by atoms with E-state index in [0.29, 0.717) is 13.1 Å². The SMILES string of the molecule is C/C=C\C(=O)N(CCOC(=O)C(CCCCCC)CCCCCCCC)CCOC(=O)C(CCCCCC)CCCCCCCC. The van der Waals surface area contributed by atoms with Gasteiger partial charge in [0.25, 0.3) is 0 Å². The van der Waals surface area contributed by atoms with Gasteiger partial charge in [-0.3, -0.25) is 14.4 Å². The quantitative estimate of drug-likeness (QED) is 0.0402. The molecule has 0 radical (unpaired) electrons. The Labute approximate surface area is 285 Å². The van der Waals surface area contributed by atoms with Gasteiger partial charge in [-0.05, 0) is 38.7 Å². The van der Waals surface area contributed by atoms with Crippen molar-refractivity contribution in [3.05, 3.63) is 12.2 Å². The van der Waals surface area contributed by atoms with Gasteiger partial charge < -0.3 is 14.4 Å². The number of hydrogen-bond donors (Lipinski definition) is 0. The molecule has 0 heterocycles. The van der Waals surface area contributed by atoms with E-state index in [-0.39, 0.29) is 42.9 Å². The summed E-state index contributed by atoms with van der Waals surface area (Å²) in [6.07, 6.45) is 30.4. The molecule has 270 valence electrons. The second-order valence-corrected chi connectivity index (χ2v) is 13.4.